The third-order valence-electron chi connectivity index (χ3n) is 4.61. The summed E-state index contributed by atoms with van der Waals surface area (Å²) >= 11 is 0. The standard InChI is InChI=1S/C22H22F2N4O3/c1-13(25-22(31)20(29)15-9-16(23)11-17(24)10-15)21(30)26-19-12-18(27-28-19)8-7-14-5-3-2-4-6-14/h2-6,9-13,20,29H,7-8H2,1H3,(H,25,31)(H2,26,27,28,30)/t13-,20-/m0/s1. The molecule has 0 radical (unpaired) electrons. The topological polar surface area (TPSA) is 107 Å². The van der Waals surface area contributed by atoms with Crippen molar-refractivity contribution in [1.29, 1.82) is 0 Å². The van der Waals surface area contributed by atoms with Gasteiger partial charge in [0.25, 0.3) is 5.91 Å². The van der Waals surface area contributed by atoms with Gasteiger partial charge in [-0.25, -0.2) is 8.78 Å². The molecule has 1 aromatic heterocycles. The Kier molecular flexibility index (Phi) is 7.09. The number of aromatic nitrogens is 2. The van der Waals surface area contributed by atoms with Gasteiger partial charge in [-0.3, -0.25) is 14.7 Å². The molecule has 7 nitrogen and oxygen atoms in total. The first-order valence-electron chi connectivity index (χ1n) is 9.65. The molecule has 0 bridgehead atoms. The second-order valence-corrected chi connectivity index (χ2v) is 7.09. The Labute approximate surface area is 177 Å². The van der Waals surface area contributed by atoms with Crippen LogP contribution in [0.25, 0.3) is 0 Å². The fourth-order valence-corrected chi connectivity index (χ4v) is 2.95. The molecule has 4 N–H and O–H groups in total. The molecule has 3 aromatic rings. The number of aliphatic hydroxyl groups excluding tert-OH is 1. The molecule has 2 aromatic carbocycles. The summed E-state index contributed by atoms with van der Waals surface area (Å²) in [5.74, 6) is -3.07. The first-order valence-corrected chi connectivity index (χ1v) is 9.65. The van der Waals surface area contributed by atoms with Crippen molar-refractivity contribution in [2.45, 2.75) is 31.9 Å². The Hall–Kier alpha value is -3.59. The van der Waals surface area contributed by atoms with E-state index < -0.39 is 35.6 Å². The van der Waals surface area contributed by atoms with Gasteiger partial charge in [-0.15, -0.1) is 0 Å². The molecule has 0 saturated carbocycles. The number of carbonyl (C=O) groups is 2. The van der Waals surface area contributed by atoms with Crippen LogP contribution in [0.3, 0.4) is 0 Å². The van der Waals surface area contributed by atoms with E-state index in [4.69, 9.17) is 0 Å². The van der Waals surface area contributed by atoms with Crippen LogP contribution in [0.1, 0.15) is 29.8 Å². The van der Waals surface area contributed by atoms with Crippen LogP contribution in [0.15, 0.2) is 54.6 Å². The smallest absolute Gasteiger partial charge is 0.254 e. The molecule has 162 valence electrons. The lowest BCUT2D eigenvalue weighted by Gasteiger charge is -2.16. The average Bonchev–Trinajstić information content (AvgIpc) is 3.19. The minimum absolute atomic E-state index is 0.252. The molecule has 2 amide bonds. The van der Waals surface area contributed by atoms with Gasteiger partial charge in [0.1, 0.15) is 17.7 Å². The molecule has 0 aliphatic rings. The van der Waals surface area contributed by atoms with Crippen molar-refractivity contribution in [2.24, 2.45) is 0 Å². The SMILES string of the molecule is C[C@H](NC(=O)[C@@H](O)c1cc(F)cc(F)c1)C(=O)Nc1cc(CCc2ccccc2)[nH]n1. The van der Waals surface area contributed by atoms with Gasteiger partial charge < -0.3 is 15.7 Å². The van der Waals surface area contributed by atoms with Crippen molar-refractivity contribution in [3.63, 3.8) is 0 Å². The number of halogens is 2. The monoisotopic (exact) mass is 428 g/mol. The van der Waals surface area contributed by atoms with Crippen LogP contribution in [0.2, 0.25) is 0 Å². The second-order valence-electron chi connectivity index (χ2n) is 7.09. The number of nitrogens with one attached hydrogen (secondary N) is 3. The number of amides is 2. The van der Waals surface area contributed by atoms with Crippen molar-refractivity contribution in [3.8, 4) is 0 Å². The number of aliphatic hydroxyl groups is 1. The van der Waals surface area contributed by atoms with Gasteiger partial charge in [0.05, 0.1) is 0 Å². The first kappa shape index (κ1) is 22.1. The lowest BCUT2D eigenvalue weighted by molar-refractivity contribution is -0.132. The number of benzene rings is 2. The Morgan fingerprint density at radius 2 is 1.71 bits per heavy atom. The maximum Gasteiger partial charge on any atom is 0.254 e. The summed E-state index contributed by atoms with van der Waals surface area (Å²) in [6.45, 7) is 1.41. The Bertz CT molecular complexity index is 1040. The summed E-state index contributed by atoms with van der Waals surface area (Å²) in [6, 6.07) is 12.9. The van der Waals surface area contributed by atoms with Gasteiger partial charge in [0, 0.05) is 17.8 Å². The maximum atomic E-state index is 13.3. The molecular weight excluding hydrogens is 406 g/mol. The molecule has 3 rings (SSSR count). The largest absolute Gasteiger partial charge is 0.378 e. The van der Waals surface area contributed by atoms with E-state index in [1.165, 1.54) is 12.5 Å². The van der Waals surface area contributed by atoms with Gasteiger partial charge in [0.15, 0.2) is 11.9 Å². The van der Waals surface area contributed by atoms with E-state index in [1.54, 1.807) is 6.07 Å². The van der Waals surface area contributed by atoms with E-state index in [0.29, 0.717) is 18.3 Å². The van der Waals surface area contributed by atoms with Gasteiger partial charge in [-0.2, -0.15) is 5.10 Å². The van der Waals surface area contributed by atoms with Crippen molar-refractivity contribution in [1.82, 2.24) is 15.5 Å². The molecule has 2 atom stereocenters. The molecule has 0 aliphatic heterocycles. The zero-order valence-corrected chi connectivity index (χ0v) is 16.7. The average molecular weight is 428 g/mol. The Balaban J connectivity index is 1.52. The molecule has 0 aliphatic carbocycles. The number of hydrogen-bond acceptors (Lipinski definition) is 4. The number of rotatable bonds is 8. The molecule has 9 heteroatoms. The molecule has 31 heavy (non-hydrogen) atoms. The quantitative estimate of drug-likeness (QED) is 0.442. The predicted molar refractivity (Wildman–Crippen MR) is 110 cm³/mol. The Morgan fingerprint density at radius 3 is 2.39 bits per heavy atom. The van der Waals surface area contributed by atoms with Gasteiger partial charge in [0.2, 0.25) is 5.91 Å². The number of nitrogens with zero attached hydrogens (tertiary/aromatic N) is 1. The number of hydrogen-bond donors (Lipinski definition) is 4. The number of carbonyl (C=O) groups excluding carboxylic acids is 2. The molecule has 1 heterocycles. The summed E-state index contributed by atoms with van der Waals surface area (Å²) in [7, 11) is 0. The molecule has 0 unspecified atom stereocenters. The van der Waals surface area contributed by atoms with Crippen molar-refractivity contribution < 1.29 is 23.5 Å². The van der Waals surface area contributed by atoms with Crippen LogP contribution in [-0.4, -0.2) is 33.2 Å². The van der Waals surface area contributed by atoms with Crippen molar-refractivity contribution in [3.05, 3.63) is 83.1 Å². The number of H-pyrrole nitrogens is 1. The summed E-state index contributed by atoms with van der Waals surface area (Å²) in [4.78, 5) is 24.5. The van der Waals surface area contributed by atoms with Crippen LogP contribution in [-0.2, 0) is 22.4 Å². The molecular formula is C22H22F2N4O3. The van der Waals surface area contributed by atoms with E-state index in [9.17, 15) is 23.5 Å². The second kappa shape index (κ2) is 9.94. The fraction of sp³-hybridized carbons (Fsp3) is 0.227. The number of aryl methyl sites for hydroxylation is 2. The zero-order valence-electron chi connectivity index (χ0n) is 16.7. The van der Waals surface area contributed by atoms with E-state index in [0.717, 1.165) is 24.2 Å². The molecule has 0 spiro atoms. The van der Waals surface area contributed by atoms with Crippen LogP contribution in [0, 0.1) is 11.6 Å². The summed E-state index contributed by atoms with van der Waals surface area (Å²) in [6.07, 6.45) is -0.313. The lowest BCUT2D eigenvalue weighted by Crippen LogP contribution is -2.43. The minimum atomic E-state index is -1.82. The van der Waals surface area contributed by atoms with E-state index in [2.05, 4.69) is 20.8 Å². The highest BCUT2D eigenvalue weighted by atomic mass is 19.1. The maximum absolute atomic E-state index is 13.3. The van der Waals surface area contributed by atoms with Crippen molar-refractivity contribution in [2.75, 3.05) is 5.32 Å². The van der Waals surface area contributed by atoms with E-state index in [1.807, 2.05) is 30.3 Å². The fourth-order valence-electron chi connectivity index (χ4n) is 2.95. The molecule has 0 fully saturated rings. The number of anilines is 1. The highest BCUT2D eigenvalue weighted by Gasteiger charge is 2.23. The normalized spacial score (nSPS) is 12.8. The van der Waals surface area contributed by atoms with Crippen LogP contribution in [0.4, 0.5) is 14.6 Å². The highest BCUT2D eigenvalue weighted by molar-refractivity contribution is 5.96. The predicted octanol–water partition coefficient (Wildman–Crippen LogP) is 2.65. The number of aromatic amines is 1. The zero-order chi connectivity index (χ0) is 22.4. The van der Waals surface area contributed by atoms with Crippen LogP contribution >= 0.6 is 0 Å². The van der Waals surface area contributed by atoms with Gasteiger partial charge >= 0.3 is 0 Å². The lowest BCUT2D eigenvalue weighted by atomic mass is 10.1. The van der Waals surface area contributed by atoms with Gasteiger partial charge in [-0.1, -0.05) is 30.3 Å². The molecule has 0 saturated heterocycles. The first-order chi connectivity index (χ1) is 14.8. The highest BCUT2D eigenvalue weighted by Crippen LogP contribution is 2.17. The van der Waals surface area contributed by atoms with E-state index >= 15 is 0 Å². The Morgan fingerprint density at radius 1 is 1.03 bits per heavy atom. The van der Waals surface area contributed by atoms with Gasteiger partial charge in [-0.05, 0) is 43.0 Å². The summed E-state index contributed by atoms with van der Waals surface area (Å²) in [5, 5.41) is 21.8. The van der Waals surface area contributed by atoms with Crippen LogP contribution < -0.4 is 10.6 Å². The van der Waals surface area contributed by atoms with Crippen LogP contribution in [0.5, 0.6) is 0 Å². The third-order valence-corrected chi connectivity index (χ3v) is 4.61. The van der Waals surface area contributed by atoms with Crippen molar-refractivity contribution >= 4 is 17.6 Å². The van der Waals surface area contributed by atoms with E-state index in [-0.39, 0.29) is 5.56 Å². The summed E-state index contributed by atoms with van der Waals surface area (Å²) < 4.78 is 26.6. The minimum Gasteiger partial charge on any atom is -0.378 e. The third kappa shape index (κ3) is 6.19. The summed E-state index contributed by atoms with van der Waals surface area (Å²) in [5.41, 5.74) is 1.76.